The molecule has 36 heavy (non-hydrogen) atoms. The maximum Gasteiger partial charge on any atom is 0.521 e. The molecule has 0 bridgehead atoms. The zero-order valence-corrected chi connectivity index (χ0v) is 20.8. The molecule has 0 spiro atoms. The minimum atomic E-state index is -6.65. The van der Waals surface area contributed by atoms with Crippen molar-refractivity contribution in [3.05, 3.63) is 0 Å². The van der Waals surface area contributed by atoms with Gasteiger partial charge in [0.25, 0.3) is 0 Å². The standard InChI is InChI=1S/C16H26F6N4O8S2/c1-25(5-9-33-10-6-25)4-3-23(35(29,30)15(17,18)19)13(27)14(28)24(36(31,32)16(20,21)22)26(2)7-11-34-12-8-26/h3-12H2,1-2H3/q+2. The van der Waals surface area contributed by atoms with Gasteiger partial charge in [-0.15, -0.1) is 0 Å². The Morgan fingerprint density at radius 1 is 0.750 bits per heavy atom. The van der Waals surface area contributed by atoms with Crippen LogP contribution in [0.3, 0.4) is 0 Å². The number of morpholine rings is 2. The van der Waals surface area contributed by atoms with E-state index in [1.165, 1.54) is 7.05 Å². The van der Waals surface area contributed by atoms with Gasteiger partial charge in [0.15, 0.2) is 0 Å². The third-order valence-electron chi connectivity index (χ3n) is 5.95. The van der Waals surface area contributed by atoms with E-state index in [2.05, 4.69) is 0 Å². The monoisotopic (exact) mass is 580 g/mol. The fraction of sp³-hybridized carbons (Fsp3) is 0.875. The molecule has 0 radical (unpaired) electrons. The van der Waals surface area contributed by atoms with Crippen LogP contribution in [-0.4, -0.2) is 137 Å². The summed E-state index contributed by atoms with van der Waals surface area (Å²) in [5, 5.41) is 0. The second-order valence-electron chi connectivity index (χ2n) is 8.63. The number of carbonyl (C=O) groups is 2. The first-order valence-electron chi connectivity index (χ1n) is 10.3. The number of ether oxygens (including phenoxy) is 2. The van der Waals surface area contributed by atoms with Crippen LogP contribution >= 0.6 is 0 Å². The number of carbonyl (C=O) groups excluding carboxylic acids is 2. The number of halogens is 6. The summed E-state index contributed by atoms with van der Waals surface area (Å²) in [5.74, 6) is -5.19. The molecule has 0 N–H and O–H groups in total. The molecule has 2 fully saturated rings. The summed E-state index contributed by atoms with van der Waals surface area (Å²) in [5.41, 5.74) is -12.2. The van der Waals surface area contributed by atoms with Gasteiger partial charge in [0.05, 0.1) is 53.6 Å². The quantitative estimate of drug-likeness (QED) is 0.227. The van der Waals surface area contributed by atoms with Gasteiger partial charge >= 0.3 is 42.9 Å². The maximum atomic E-state index is 13.4. The van der Waals surface area contributed by atoms with Gasteiger partial charge in [-0.1, -0.05) is 4.41 Å². The van der Waals surface area contributed by atoms with E-state index in [-0.39, 0.29) is 44.0 Å². The molecule has 0 saturated carbocycles. The van der Waals surface area contributed by atoms with E-state index >= 15 is 0 Å². The molecule has 0 aromatic rings. The first-order valence-corrected chi connectivity index (χ1v) is 13.2. The lowest BCUT2D eigenvalue weighted by atomic mass is 10.3. The van der Waals surface area contributed by atoms with E-state index in [0.717, 1.165) is 7.05 Å². The highest BCUT2D eigenvalue weighted by atomic mass is 32.2. The minimum absolute atomic E-state index is 0.0823. The third-order valence-corrected chi connectivity index (χ3v) is 9.07. The van der Waals surface area contributed by atoms with Gasteiger partial charge in [0.1, 0.15) is 26.2 Å². The van der Waals surface area contributed by atoms with Crippen molar-refractivity contribution in [3.63, 3.8) is 0 Å². The molecule has 2 amide bonds. The van der Waals surface area contributed by atoms with Crippen molar-refractivity contribution in [2.75, 3.05) is 79.8 Å². The van der Waals surface area contributed by atoms with Gasteiger partial charge in [0.2, 0.25) is 0 Å². The number of hydrogen-bond donors (Lipinski definition) is 0. The molecule has 2 saturated heterocycles. The van der Waals surface area contributed by atoms with Gasteiger partial charge in [-0.25, -0.2) is 8.90 Å². The van der Waals surface area contributed by atoms with E-state index in [1.807, 2.05) is 0 Å². The average molecular weight is 581 g/mol. The Morgan fingerprint density at radius 2 is 1.17 bits per heavy atom. The molecule has 2 rings (SSSR count). The molecular formula is C16H26F6N4O8S2+2. The second-order valence-corrected chi connectivity index (χ2v) is 12.2. The van der Waals surface area contributed by atoms with Crippen molar-refractivity contribution in [3.8, 4) is 0 Å². The Bertz CT molecular complexity index is 1050. The number of rotatable bonds is 6. The average Bonchev–Trinajstić information content (AvgIpc) is 2.72. The molecule has 0 aliphatic carbocycles. The molecule has 0 aromatic heterocycles. The molecule has 0 aromatic carbocycles. The number of sulfonamides is 2. The normalized spacial score (nSPS) is 21.0. The van der Waals surface area contributed by atoms with Crippen molar-refractivity contribution in [2.45, 2.75) is 11.0 Å². The van der Waals surface area contributed by atoms with Crippen molar-refractivity contribution < 1.29 is 71.3 Å². The van der Waals surface area contributed by atoms with Crippen molar-refractivity contribution in [1.82, 2.24) is 8.72 Å². The van der Waals surface area contributed by atoms with E-state index < -0.39 is 82.4 Å². The lowest BCUT2D eigenvalue weighted by Gasteiger charge is -2.43. The number of alkyl halides is 6. The molecule has 12 nitrogen and oxygen atoms in total. The fourth-order valence-electron chi connectivity index (χ4n) is 3.59. The molecule has 20 heteroatoms. The van der Waals surface area contributed by atoms with Gasteiger partial charge in [-0.3, -0.25) is 9.59 Å². The molecule has 0 unspecified atom stereocenters. The van der Waals surface area contributed by atoms with Crippen LogP contribution in [0.15, 0.2) is 0 Å². The first kappa shape index (κ1) is 30.5. The van der Waals surface area contributed by atoms with E-state index in [4.69, 9.17) is 9.47 Å². The summed E-state index contributed by atoms with van der Waals surface area (Å²) in [7, 11) is -10.9. The molecule has 2 heterocycles. The Balaban J connectivity index is 2.55. The predicted molar refractivity (Wildman–Crippen MR) is 107 cm³/mol. The minimum Gasteiger partial charge on any atom is -0.370 e. The topological polar surface area (TPSA) is 127 Å². The van der Waals surface area contributed by atoms with Crippen molar-refractivity contribution in [2.24, 2.45) is 0 Å². The smallest absolute Gasteiger partial charge is 0.370 e. The van der Waals surface area contributed by atoms with Crippen LogP contribution in [0.2, 0.25) is 0 Å². The van der Waals surface area contributed by atoms with Crippen LogP contribution in [0.1, 0.15) is 0 Å². The zero-order valence-electron chi connectivity index (χ0n) is 19.2. The van der Waals surface area contributed by atoms with Gasteiger partial charge in [0, 0.05) is 0 Å². The zero-order chi connectivity index (χ0) is 27.8. The van der Waals surface area contributed by atoms with Gasteiger partial charge < -0.3 is 14.0 Å². The van der Waals surface area contributed by atoms with Crippen LogP contribution in [0.5, 0.6) is 0 Å². The molecule has 2 aliphatic heterocycles. The Labute approximate surface area is 203 Å². The molecule has 2 aliphatic rings. The summed E-state index contributed by atoms with van der Waals surface area (Å²) in [4.78, 5) is 25.8. The highest BCUT2D eigenvalue weighted by molar-refractivity contribution is 7.91. The SMILES string of the molecule is C[N+]1(CCN(C(=O)C(=O)N([N+]2(C)CCOCC2)S(=O)(=O)C(F)(F)F)S(=O)(=O)C(F)(F)F)CCOCC1. The highest BCUT2D eigenvalue weighted by Crippen LogP contribution is 2.33. The van der Waals surface area contributed by atoms with Crippen LogP contribution in [0, 0.1) is 0 Å². The Kier molecular flexibility index (Phi) is 8.64. The lowest BCUT2D eigenvalue weighted by molar-refractivity contribution is -0.994. The number of hydrogen-bond acceptors (Lipinski definition) is 8. The van der Waals surface area contributed by atoms with Gasteiger partial charge in [-0.05, 0) is 0 Å². The number of quaternary nitrogens is 2. The summed E-state index contributed by atoms with van der Waals surface area (Å²) < 4.78 is 136. The predicted octanol–water partition coefficient (Wildman–Crippen LogP) is -0.789. The number of nitrogens with zero attached hydrogens (tertiary/aromatic N) is 4. The number of likely N-dealkylation sites (N-methyl/N-ethyl adjacent to an activating group) is 2. The fourth-order valence-corrected chi connectivity index (χ4v) is 5.63. The van der Waals surface area contributed by atoms with Gasteiger partial charge in [-0.2, -0.15) is 43.2 Å². The van der Waals surface area contributed by atoms with Crippen LogP contribution in [0.25, 0.3) is 0 Å². The molecule has 0 atom stereocenters. The van der Waals surface area contributed by atoms with E-state index in [1.54, 1.807) is 0 Å². The summed E-state index contributed by atoms with van der Waals surface area (Å²) in [6.07, 6.45) is 0. The summed E-state index contributed by atoms with van der Waals surface area (Å²) in [6, 6.07) is 0. The molecular weight excluding hydrogens is 554 g/mol. The lowest BCUT2D eigenvalue weighted by Crippen LogP contribution is -2.70. The second kappa shape index (κ2) is 10.2. The van der Waals surface area contributed by atoms with Crippen LogP contribution < -0.4 is 0 Å². The third kappa shape index (κ3) is 6.04. The van der Waals surface area contributed by atoms with Crippen molar-refractivity contribution in [1.29, 1.82) is 0 Å². The molecule has 210 valence electrons. The van der Waals surface area contributed by atoms with E-state index in [9.17, 15) is 52.8 Å². The summed E-state index contributed by atoms with van der Waals surface area (Å²) >= 11 is 0. The first-order chi connectivity index (χ1) is 16.2. The Hall–Kier alpha value is -1.74. The van der Waals surface area contributed by atoms with Crippen molar-refractivity contribution >= 4 is 31.9 Å². The Morgan fingerprint density at radius 3 is 1.58 bits per heavy atom. The number of amides is 2. The van der Waals surface area contributed by atoms with E-state index in [0.29, 0.717) is 0 Å². The van der Waals surface area contributed by atoms with Crippen LogP contribution in [0.4, 0.5) is 26.3 Å². The summed E-state index contributed by atoms with van der Waals surface area (Å²) in [6.45, 7) is -2.88. The maximum absolute atomic E-state index is 13.4. The highest BCUT2D eigenvalue weighted by Gasteiger charge is 2.62. The van der Waals surface area contributed by atoms with Crippen LogP contribution in [-0.2, 0) is 39.1 Å². The largest absolute Gasteiger partial charge is 0.521 e.